The highest BCUT2D eigenvalue weighted by Crippen LogP contribution is 2.07. The Morgan fingerprint density at radius 3 is 2.73 bits per heavy atom. The molecule has 0 unspecified atom stereocenters. The Balaban J connectivity index is 3.52. The molecule has 0 aromatic carbocycles. The van der Waals surface area contributed by atoms with E-state index in [0.717, 1.165) is 32.2 Å². The van der Waals surface area contributed by atoms with Crippen LogP contribution in [0, 0.1) is 0 Å². The largest absolute Gasteiger partial charge is 0.396 e. The molecule has 0 atom stereocenters. The lowest BCUT2D eigenvalue weighted by Crippen LogP contribution is -1.97. The summed E-state index contributed by atoms with van der Waals surface area (Å²) in [6, 6.07) is 0. The Labute approximate surface area is 69.1 Å². The molecule has 0 fully saturated rings. The number of rotatable bonds is 6. The lowest BCUT2D eigenvalue weighted by Gasteiger charge is -2.00. The molecular formula is C9H19NO. The van der Waals surface area contributed by atoms with Gasteiger partial charge >= 0.3 is 0 Å². The molecule has 11 heavy (non-hydrogen) atoms. The number of nitrogens with two attached hydrogens (primary N) is 1. The van der Waals surface area contributed by atoms with Gasteiger partial charge in [-0.3, -0.25) is 0 Å². The average Bonchev–Trinajstić information content (AvgIpc) is 2.03. The first-order chi connectivity index (χ1) is 5.35. The predicted octanol–water partition coefficient (Wildman–Crippen LogP) is 1.44. The highest BCUT2D eigenvalue weighted by Gasteiger charge is 1.91. The zero-order valence-corrected chi connectivity index (χ0v) is 7.34. The predicted molar refractivity (Wildman–Crippen MR) is 48.4 cm³/mol. The van der Waals surface area contributed by atoms with Crippen LogP contribution in [0.3, 0.4) is 0 Å². The highest BCUT2D eigenvalue weighted by molar-refractivity contribution is 5.00. The fourth-order valence-electron chi connectivity index (χ4n) is 0.991. The number of hydrogen-bond acceptors (Lipinski definition) is 2. The Bertz CT molecular complexity index is 110. The lowest BCUT2D eigenvalue weighted by molar-refractivity contribution is 0.298. The number of unbranched alkanes of at least 4 members (excludes halogenated alkanes) is 1. The summed E-state index contributed by atoms with van der Waals surface area (Å²) in [6.07, 6.45) is 6.17. The Kier molecular flexibility index (Phi) is 7.52. The molecule has 0 aromatic heterocycles. The summed E-state index contributed by atoms with van der Waals surface area (Å²) in [5.74, 6) is 0. The fourth-order valence-corrected chi connectivity index (χ4v) is 0.991. The van der Waals surface area contributed by atoms with E-state index < -0.39 is 0 Å². The molecule has 0 amide bonds. The molecule has 0 aromatic rings. The summed E-state index contributed by atoms with van der Waals surface area (Å²) < 4.78 is 0. The molecule has 0 saturated carbocycles. The smallest absolute Gasteiger partial charge is 0.0468 e. The van der Waals surface area contributed by atoms with Gasteiger partial charge in [0.15, 0.2) is 0 Å². The van der Waals surface area contributed by atoms with Gasteiger partial charge in [-0.05, 0) is 32.2 Å². The number of allylic oxidation sites excluding steroid dienone is 1. The SMILES string of the molecule is CC/C(=C/CCCN)CCO. The molecule has 3 N–H and O–H groups in total. The van der Waals surface area contributed by atoms with Gasteiger partial charge in [-0.2, -0.15) is 0 Å². The van der Waals surface area contributed by atoms with Crippen molar-refractivity contribution in [2.45, 2.75) is 32.6 Å². The number of aliphatic hydroxyl groups excluding tert-OH is 1. The van der Waals surface area contributed by atoms with E-state index in [1.54, 1.807) is 0 Å². The van der Waals surface area contributed by atoms with E-state index >= 15 is 0 Å². The van der Waals surface area contributed by atoms with Crippen LogP contribution in [0.25, 0.3) is 0 Å². The molecular weight excluding hydrogens is 138 g/mol. The second-order valence-corrected chi connectivity index (χ2v) is 2.62. The van der Waals surface area contributed by atoms with Crippen LogP contribution in [0.4, 0.5) is 0 Å². The van der Waals surface area contributed by atoms with Gasteiger partial charge in [-0.25, -0.2) is 0 Å². The van der Waals surface area contributed by atoms with E-state index in [0.29, 0.717) is 0 Å². The molecule has 0 aliphatic heterocycles. The fraction of sp³-hybridized carbons (Fsp3) is 0.778. The van der Waals surface area contributed by atoms with Gasteiger partial charge in [0, 0.05) is 6.61 Å². The van der Waals surface area contributed by atoms with Gasteiger partial charge in [0.2, 0.25) is 0 Å². The van der Waals surface area contributed by atoms with Gasteiger partial charge < -0.3 is 10.8 Å². The Morgan fingerprint density at radius 2 is 2.27 bits per heavy atom. The molecule has 0 spiro atoms. The topological polar surface area (TPSA) is 46.2 Å². The third kappa shape index (κ3) is 6.07. The van der Waals surface area contributed by atoms with Crippen molar-refractivity contribution in [3.8, 4) is 0 Å². The molecule has 0 rings (SSSR count). The second-order valence-electron chi connectivity index (χ2n) is 2.62. The first-order valence-electron chi connectivity index (χ1n) is 4.34. The zero-order chi connectivity index (χ0) is 8.53. The highest BCUT2D eigenvalue weighted by atomic mass is 16.2. The minimum absolute atomic E-state index is 0.266. The number of aliphatic hydroxyl groups is 1. The summed E-state index contributed by atoms with van der Waals surface area (Å²) in [7, 11) is 0. The summed E-state index contributed by atoms with van der Waals surface area (Å²) in [6.45, 7) is 3.14. The molecule has 0 saturated heterocycles. The minimum atomic E-state index is 0.266. The summed E-state index contributed by atoms with van der Waals surface area (Å²) >= 11 is 0. The zero-order valence-electron chi connectivity index (χ0n) is 7.34. The van der Waals surface area contributed by atoms with Crippen molar-refractivity contribution in [1.29, 1.82) is 0 Å². The minimum Gasteiger partial charge on any atom is -0.396 e. The van der Waals surface area contributed by atoms with Crippen molar-refractivity contribution in [3.63, 3.8) is 0 Å². The molecule has 66 valence electrons. The molecule has 0 aliphatic carbocycles. The van der Waals surface area contributed by atoms with E-state index in [1.165, 1.54) is 5.57 Å². The van der Waals surface area contributed by atoms with E-state index in [2.05, 4.69) is 13.0 Å². The van der Waals surface area contributed by atoms with Crippen LogP contribution >= 0.6 is 0 Å². The monoisotopic (exact) mass is 157 g/mol. The first-order valence-corrected chi connectivity index (χ1v) is 4.34. The Morgan fingerprint density at radius 1 is 1.55 bits per heavy atom. The summed E-state index contributed by atoms with van der Waals surface area (Å²) in [4.78, 5) is 0. The van der Waals surface area contributed by atoms with E-state index in [-0.39, 0.29) is 6.61 Å². The van der Waals surface area contributed by atoms with Gasteiger partial charge in [0.25, 0.3) is 0 Å². The molecule has 0 aliphatic rings. The van der Waals surface area contributed by atoms with Crippen molar-refractivity contribution in [2.24, 2.45) is 5.73 Å². The molecule has 0 radical (unpaired) electrons. The maximum atomic E-state index is 8.66. The third-order valence-electron chi connectivity index (χ3n) is 1.73. The lowest BCUT2D eigenvalue weighted by atomic mass is 10.1. The van der Waals surface area contributed by atoms with Gasteiger partial charge in [0.1, 0.15) is 0 Å². The van der Waals surface area contributed by atoms with Gasteiger partial charge in [-0.1, -0.05) is 18.6 Å². The third-order valence-corrected chi connectivity index (χ3v) is 1.73. The standard InChI is InChI=1S/C9H19NO/c1-2-9(6-8-11)5-3-4-7-10/h5,11H,2-4,6-8,10H2,1H3/b9-5-. The maximum Gasteiger partial charge on any atom is 0.0468 e. The van der Waals surface area contributed by atoms with Crippen LogP contribution < -0.4 is 5.73 Å². The molecule has 2 nitrogen and oxygen atoms in total. The average molecular weight is 157 g/mol. The van der Waals surface area contributed by atoms with Crippen LogP contribution in [-0.2, 0) is 0 Å². The van der Waals surface area contributed by atoms with Crippen LogP contribution in [0.5, 0.6) is 0 Å². The molecule has 2 heteroatoms. The van der Waals surface area contributed by atoms with Gasteiger partial charge in [-0.15, -0.1) is 0 Å². The van der Waals surface area contributed by atoms with Gasteiger partial charge in [0.05, 0.1) is 0 Å². The van der Waals surface area contributed by atoms with Crippen LogP contribution in [0.2, 0.25) is 0 Å². The van der Waals surface area contributed by atoms with E-state index in [1.807, 2.05) is 0 Å². The quantitative estimate of drug-likeness (QED) is 0.453. The maximum absolute atomic E-state index is 8.66. The molecule has 0 bridgehead atoms. The van der Waals surface area contributed by atoms with E-state index in [4.69, 9.17) is 10.8 Å². The number of hydrogen-bond donors (Lipinski definition) is 2. The van der Waals surface area contributed by atoms with Crippen LogP contribution in [0.15, 0.2) is 11.6 Å². The van der Waals surface area contributed by atoms with Crippen molar-refractivity contribution in [2.75, 3.05) is 13.2 Å². The second kappa shape index (κ2) is 7.76. The normalized spacial score (nSPS) is 12.1. The van der Waals surface area contributed by atoms with Crippen LogP contribution in [-0.4, -0.2) is 18.3 Å². The van der Waals surface area contributed by atoms with Crippen molar-refractivity contribution in [1.82, 2.24) is 0 Å². The summed E-state index contributed by atoms with van der Waals surface area (Å²) in [5.41, 5.74) is 6.70. The van der Waals surface area contributed by atoms with Crippen molar-refractivity contribution in [3.05, 3.63) is 11.6 Å². The van der Waals surface area contributed by atoms with Crippen molar-refractivity contribution >= 4 is 0 Å². The van der Waals surface area contributed by atoms with Crippen LogP contribution in [0.1, 0.15) is 32.6 Å². The Hall–Kier alpha value is -0.340. The van der Waals surface area contributed by atoms with Crippen molar-refractivity contribution < 1.29 is 5.11 Å². The van der Waals surface area contributed by atoms with E-state index in [9.17, 15) is 0 Å². The summed E-state index contributed by atoms with van der Waals surface area (Å²) in [5, 5.41) is 8.66. The molecule has 0 heterocycles. The first kappa shape index (κ1) is 10.7.